The van der Waals surface area contributed by atoms with E-state index in [2.05, 4.69) is 43.2 Å². The summed E-state index contributed by atoms with van der Waals surface area (Å²) in [4.78, 5) is 27.0. The number of carbonyl (C=O) groups is 2. The van der Waals surface area contributed by atoms with E-state index in [-0.39, 0.29) is 30.2 Å². The van der Waals surface area contributed by atoms with Gasteiger partial charge in [-0.1, -0.05) is 43.5 Å². The molecule has 2 heterocycles. The summed E-state index contributed by atoms with van der Waals surface area (Å²) in [5, 5.41) is 27.9. The average molecular weight is 592 g/mol. The Labute approximate surface area is 251 Å². The summed E-state index contributed by atoms with van der Waals surface area (Å²) < 4.78 is 13.1. The number of anilines is 1. The van der Waals surface area contributed by atoms with Gasteiger partial charge in [0.2, 0.25) is 5.91 Å². The van der Waals surface area contributed by atoms with Gasteiger partial charge in [-0.2, -0.15) is 0 Å². The molecule has 1 saturated carbocycles. The molecule has 0 atom stereocenters. The molecular formula is C31H41N7O5. The Morgan fingerprint density at radius 1 is 1.16 bits per heavy atom. The van der Waals surface area contributed by atoms with Crippen molar-refractivity contribution in [3.05, 3.63) is 47.5 Å². The molecule has 0 spiro atoms. The van der Waals surface area contributed by atoms with Crippen LogP contribution in [0.25, 0.3) is 11.4 Å². The standard InChI is InChI=1S/C31H41N7O5/c1-37-31(34-35-36-37)24-7-5-6-22(20-24)13-18-42-19-14-28(41)38(25-8-3-2-4-9-25)17-16-32-15-12-23-10-11-26(39)29-30(23)43-21-27(40)33-29/h5-7,10-11,20,25,32,39H,2-4,8-9,12-19,21H2,1H3,(H,33,40). The summed E-state index contributed by atoms with van der Waals surface area (Å²) in [6.45, 7) is 2.87. The molecule has 230 valence electrons. The number of benzene rings is 2. The fourth-order valence-corrected chi connectivity index (χ4v) is 5.80. The first-order valence-corrected chi connectivity index (χ1v) is 15.2. The first-order chi connectivity index (χ1) is 21.0. The molecule has 2 aromatic carbocycles. The van der Waals surface area contributed by atoms with Gasteiger partial charge in [0, 0.05) is 31.7 Å². The number of phenolic OH excluding ortho intramolecular Hbond substituents is 1. The minimum atomic E-state index is -0.279. The lowest BCUT2D eigenvalue weighted by Crippen LogP contribution is -2.45. The third-order valence-corrected chi connectivity index (χ3v) is 8.07. The fourth-order valence-electron chi connectivity index (χ4n) is 5.80. The third-order valence-electron chi connectivity index (χ3n) is 8.07. The van der Waals surface area contributed by atoms with Gasteiger partial charge in [-0.3, -0.25) is 9.59 Å². The minimum Gasteiger partial charge on any atom is -0.506 e. The fraction of sp³-hybridized carbons (Fsp3) is 0.516. The lowest BCUT2D eigenvalue weighted by molar-refractivity contribution is -0.135. The van der Waals surface area contributed by atoms with Gasteiger partial charge in [-0.05, 0) is 65.9 Å². The van der Waals surface area contributed by atoms with Crippen molar-refractivity contribution in [3.63, 3.8) is 0 Å². The van der Waals surface area contributed by atoms with Crippen LogP contribution in [0.1, 0.15) is 49.7 Å². The van der Waals surface area contributed by atoms with Crippen LogP contribution < -0.4 is 15.4 Å². The number of hydrogen-bond acceptors (Lipinski definition) is 9. The molecule has 2 amide bonds. The molecule has 0 bridgehead atoms. The zero-order valence-corrected chi connectivity index (χ0v) is 24.8. The molecule has 0 radical (unpaired) electrons. The summed E-state index contributed by atoms with van der Waals surface area (Å²) in [6.07, 6.45) is 7.42. The number of nitrogens with one attached hydrogen (secondary N) is 2. The lowest BCUT2D eigenvalue weighted by atomic mass is 9.94. The van der Waals surface area contributed by atoms with E-state index in [0.29, 0.717) is 63.0 Å². The number of amides is 2. The molecule has 2 aliphatic rings. The normalized spacial score (nSPS) is 15.0. The van der Waals surface area contributed by atoms with E-state index in [0.717, 1.165) is 48.8 Å². The first kappa shape index (κ1) is 30.4. The number of phenols is 1. The van der Waals surface area contributed by atoms with Gasteiger partial charge in [0.25, 0.3) is 5.91 Å². The van der Waals surface area contributed by atoms with Crippen LogP contribution in [0.5, 0.6) is 11.5 Å². The monoisotopic (exact) mass is 591 g/mol. The van der Waals surface area contributed by atoms with Crippen LogP contribution in [0.15, 0.2) is 36.4 Å². The van der Waals surface area contributed by atoms with E-state index < -0.39 is 0 Å². The van der Waals surface area contributed by atoms with Gasteiger partial charge in [-0.25, -0.2) is 4.68 Å². The number of aromatic hydroxyl groups is 1. The Kier molecular flexibility index (Phi) is 10.6. The van der Waals surface area contributed by atoms with Crippen molar-refractivity contribution in [3.8, 4) is 22.9 Å². The highest BCUT2D eigenvalue weighted by atomic mass is 16.5. The Hall–Kier alpha value is -4.03. The van der Waals surface area contributed by atoms with Gasteiger partial charge >= 0.3 is 0 Å². The number of rotatable bonds is 14. The molecule has 1 aliphatic carbocycles. The maximum Gasteiger partial charge on any atom is 0.262 e. The van der Waals surface area contributed by atoms with Gasteiger partial charge in [-0.15, -0.1) is 5.10 Å². The SMILES string of the molecule is Cn1nnnc1-c1cccc(CCOCCC(=O)N(CCNCCc2ccc(O)c3c2OCC(=O)N3)C2CCCCC2)c1. The number of aryl methyl sites for hydroxylation is 1. The van der Waals surface area contributed by atoms with Crippen LogP contribution in [0.2, 0.25) is 0 Å². The summed E-state index contributed by atoms with van der Waals surface area (Å²) in [5.41, 5.74) is 3.33. The molecule has 3 N–H and O–H groups in total. The van der Waals surface area contributed by atoms with E-state index in [1.807, 2.05) is 25.2 Å². The number of ether oxygens (including phenoxy) is 2. The largest absolute Gasteiger partial charge is 0.506 e. The van der Waals surface area contributed by atoms with Crippen LogP contribution in [0.3, 0.4) is 0 Å². The highest BCUT2D eigenvalue weighted by molar-refractivity contribution is 5.97. The van der Waals surface area contributed by atoms with E-state index in [9.17, 15) is 14.7 Å². The summed E-state index contributed by atoms with van der Waals surface area (Å²) in [7, 11) is 1.82. The topological polar surface area (TPSA) is 144 Å². The number of nitrogens with zero attached hydrogens (tertiary/aromatic N) is 5. The average Bonchev–Trinajstić information content (AvgIpc) is 3.46. The van der Waals surface area contributed by atoms with Crippen molar-refractivity contribution in [2.24, 2.45) is 7.05 Å². The van der Waals surface area contributed by atoms with Crippen LogP contribution in [0, 0.1) is 0 Å². The molecule has 5 rings (SSSR count). The second-order valence-electron chi connectivity index (χ2n) is 11.1. The van der Waals surface area contributed by atoms with Gasteiger partial charge in [0.1, 0.15) is 11.4 Å². The molecule has 12 heteroatoms. The van der Waals surface area contributed by atoms with Crippen molar-refractivity contribution < 1.29 is 24.2 Å². The minimum absolute atomic E-state index is 0.00402. The Bertz CT molecular complexity index is 1390. The van der Waals surface area contributed by atoms with Crippen LogP contribution in [-0.2, 0) is 34.2 Å². The molecule has 0 unspecified atom stereocenters. The molecule has 1 fully saturated rings. The number of fused-ring (bicyclic) bond motifs is 1. The zero-order chi connectivity index (χ0) is 30.0. The maximum absolute atomic E-state index is 13.3. The molecule has 3 aromatic rings. The van der Waals surface area contributed by atoms with Crippen molar-refractivity contribution in [1.29, 1.82) is 0 Å². The van der Waals surface area contributed by atoms with E-state index in [1.165, 1.54) is 6.42 Å². The highest BCUT2D eigenvalue weighted by Gasteiger charge is 2.25. The molecule has 1 aliphatic heterocycles. The predicted molar refractivity (Wildman–Crippen MR) is 161 cm³/mol. The zero-order valence-electron chi connectivity index (χ0n) is 24.8. The highest BCUT2D eigenvalue weighted by Crippen LogP contribution is 2.39. The lowest BCUT2D eigenvalue weighted by Gasteiger charge is -2.34. The van der Waals surface area contributed by atoms with Crippen molar-refractivity contribution in [1.82, 2.24) is 30.4 Å². The predicted octanol–water partition coefficient (Wildman–Crippen LogP) is 2.86. The molecule has 43 heavy (non-hydrogen) atoms. The Morgan fingerprint density at radius 2 is 2.02 bits per heavy atom. The molecule has 0 saturated heterocycles. The second-order valence-corrected chi connectivity index (χ2v) is 11.1. The van der Waals surface area contributed by atoms with Crippen molar-refractivity contribution in [2.45, 2.75) is 57.4 Å². The molecule has 1 aromatic heterocycles. The number of carbonyl (C=O) groups excluding carboxylic acids is 2. The van der Waals surface area contributed by atoms with Crippen molar-refractivity contribution in [2.75, 3.05) is 44.8 Å². The summed E-state index contributed by atoms with van der Waals surface area (Å²) in [6, 6.07) is 11.8. The molecule has 12 nitrogen and oxygen atoms in total. The summed E-state index contributed by atoms with van der Waals surface area (Å²) in [5.74, 6) is 1.10. The summed E-state index contributed by atoms with van der Waals surface area (Å²) >= 11 is 0. The van der Waals surface area contributed by atoms with Crippen LogP contribution >= 0.6 is 0 Å². The number of hydrogen-bond donors (Lipinski definition) is 3. The Morgan fingerprint density at radius 3 is 2.84 bits per heavy atom. The van der Waals surface area contributed by atoms with E-state index >= 15 is 0 Å². The van der Waals surface area contributed by atoms with Gasteiger partial charge in [0.05, 0.1) is 19.6 Å². The first-order valence-electron chi connectivity index (χ1n) is 15.2. The quantitative estimate of drug-likeness (QED) is 0.190. The van der Waals surface area contributed by atoms with Gasteiger partial charge in [0.15, 0.2) is 18.2 Å². The number of aromatic nitrogens is 4. The van der Waals surface area contributed by atoms with Crippen molar-refractivity contribution >= 4 is 17.5 Å². The Balaban J connectivity index is 1.06. The smallest absolute Gasteiger partial charge is 0.262 e. The van der Waals surface area contributed by atoms with Crippen LogP contribution in [0.4, 0.5) is 5.69 Å². The van der Waals surface area contributed by atoms with E-state index in [1.54, 1.807) is 10.7 Å². The van der Waals surface area contributed by atoms with Gasteiger partial charge < -0.3 is 30.1 Å². The van der Waals surface area contributed by atoms with E-state index in [4.69, 9.17) is 9.47 Å². The molecular weight excluding hydrogens is 550 g/mol. The number of tetrazole rings is 1. The maximum atomic E-state index is 13.3. The third kappa shape index (κ3) is 8.08. The van der Waals surface area contributed by atoms with Crippen LogP contribution in [-0.4, -0.2) is 87.5 Å². The second kappa shape index (κ2) is 14.9.